The van der Waals surface area contributed by atoms with Crippen LogP contribution in [0.4, 0.5) is 5.69 Å². The highest BCUT2D eigenvalue weighted by Gasteiger charge is 2.42. The van der Waals surface area contributed by atoms with Crippen LogP contribution in [0.3, 0.4) is 0 Å². The van der Waals surface area contributed by atoms with Crippen molar-refractivity contribution >= 4 is 34.2 Å². The predicted molar refractivity (Wildman–Crippen MR) is 137 cm³/mol. The molecular weight excluding hydrogens is 450 g/mol. The Morgan fingerprint density at radius 2 is 1.82 bits per heavy atom. The van der Waals surface area contributed by atoms with E-state index in [1.54, 1.807) is 0 Å². The minimum absolute atomic E-state index is 0.307. The van der Waals surface area contributed by atoms with Gasteiger partial charge >= 0.3 is 5.97 Å². The van der Waals surface area contributed by atoms with Gasteiger partial charge in [-0.2, -0.15) is 0 Å². The van der Waals surface area contributed by atoms with Crippen molar-refractivity contribution in [3.63, 3.8) is 0 Å². The van der Waals surface area contributed by atoms with E-state index in [0.717, 1.165) is 46.4 Å². The zero-order chi connectivity index (χ0) is 24.5. The molecule has 2 aromatic carbocycles. The van der Waals surface area contributed by atoms with E-state index in [0.29, 0.717) is 22.7 Å². The van der Waals surface area contributed by atoms with Gasteiger partial charge in [0.15, 0.2) is 6.10 Å². The van der Waals surface area contributed by atoms with Crippen LogP contribution in [0.15, 0.2) is 30.3 Å². The first-order valence-corrected chi connectivity index (χ1v) is 12.2. The number of aromatic nitrogens is 1. The topological polar surface area (TPSA) is 66.7 Å². The van der Waals surface area contributed by atoms with Crippen LogP contribution >= 0.6 is 11.6 Å². The Kier molecular flexibility index (Phi) is 5.47. The lowest BCUT2D eigenvalue weighted by molar-refractivity contribution is -0.160. The number of hydrogen-bond acceptors (Lipinski definition) is 4. The molecule has 1 fully saturated rings. The average Bonchev–Trinajstić information content (AvgIpc) is 3.35. The molecule has 0 radical (unpaired) electrons. The number of carboxylic acids is 1. The normalized spacial score (nSPS) is 20.6. The Labute approximate surface area is 205 Å². The number of aliphatic carboxylic acids is 1. The zero-order valence-corrected chi connectivity index (χ0v) is 21.3. The van der Waals surface area contributed by atoms with Gasteiger partial charge < -0.3 is 24.6 Å². The van der Waals surface area contributed by atoms with Crippen molar-refractivity contribution < 1.29 is 14.6 Å². The van der Waals surface area contributed by atoms with Gasteiger partial charge in [0, 0.05) is 41.8 Å². The Bertz CT molecular complexity index is 1290. The molecule has 6 nitrogen and oxygen atoms in total. The summed E-state index contributed by atoms with van der Waals surface area (Å²) in [5, 5.41) is 15.6. The maximum absolute atomic E-state index is 12.7. The molecule has 7 heteroatoms. The molecule has 2 aliphatic rings. The van der Waals surface area contributed by atoms with Crippen molar-refractivity contribution in [2.24, 2.45) is 0 Å². The summed E-state index contributed by atoms with van der Waals surface area (Å²) in [6, 6.07) is 10.5. The first-order chi connectivity index (χ1) is 16.0. The average molecular weight is 482 g/mol. The summed E-state index contributed by atoms with van der Waals surface area (Å²) < 4.78 is 8.66. The van der Waals surface area contributed by atoms with Crippen LogP contribution in [0.25, 0.3) is 22.0 Å². The largest absolute Gasteiger partial charge is 0.479 e. The molecule has 3 aromatic rings. The third-order valence-electron chi connectivity index (χ3n) is 7.18. The molecule has 34 heavy (non-hydrogen) atoms. The van der Waals surface area contributed by atoms with Gasteiger partial charge in [0.05, 0.1) is 28.9 Å². The number of likely N-dealkylation sites (N-methyl/N-ethyl adjacent to an activating group) is 1. The fourth-order valence-electron chi connectivity index (χ4n) is 5.90. The third-order valence-corrected chi connectivity index (χ3v) is 7.43. The summed E-state index contributed by atoms with van der Waals surface area (Å²) in [6.45, 7) is 11.7. The molecule has 3 atom stereocenters. The van der Waals surface area contributed by atoms with Crippen LogP contribution in [-0.2, 0) is 9.53 Å². The quantitative estimate of drug-likeness (QED) is 0.516. The van der Waals surface area contributed by atoms with Crippen LogP contribution in [0.5, 0.6) is 0 Å². The molecular formula is C27H32ClN3O3. The number of carbonyl (C=O) groups is 1. The molecule has 5 rings (SSSR count). The van der Waals surface area contributed by atoms with E-state index in [1.807, 2.05) is 52.0 Å². The maximum Gasteiger partial charge on any atom is 0.337 e. The van der Waals surface area contributed by atoms with E-state index >= 15 is 0 Å². The van der Waals surface area contributed by atoms with Crippen LogP contribution in [0, 0.1) is 13.8 Å². The van der Waals surface area contributed by atoms with Gasteiger partial charge in [0.2, 0.25) is 0 Å². The van der Waals surface area contributed by atoms with E-state index in [-0.39, 0.29) is 0 Å². The maximum atomic E-state index is 12.7. The fourth-order valence-corrected chi connectivity index (χ4v) is 6.02. The number of halogens is 1. The van der Waals surface area contributed by atoms with E-state index in [2.05, 4.69) is 34.8 Å². The minimum Gasteiger partial charge on any atom is -0.479 e. The molecule has 2 unspecified atom stereocenters. The van der Waals surface area contributed by atoms with Gasteiger partial charge in [-0.25, -0.2) is 4.79 Å². The number of fused-ring (bicyclic) bond motifs is 2. The van der Waals surface area contributed by atoms with Crippen molar-refractivity contribution in [2.45, 2.75) is 58.4 Å². The third kappa shape index (κ3) is 3.51. The summed E-state index contributed by atoms with van der Waals surface area (Å²) in [5.74, 6) is -0.991. The van der Waals surface area contributed by atoms with Gasteiger partial charge in [-0.05, 0) is 69.5 Å². The van der Waals surface area contributed by atoms with Crippen molar-refractivity contribution in [2.75, 3.05) is 25.0 Å². The van der Waals surface area contributed by atoms with Crippen molar-refractivity contribution in [3.05, 3.63) is 52.2 Å². The number of hydrogen-bond donors (Lipinski definition) is 2. The molecule has 0 bridgehead atoms. The minimum atomic E-state index is -1.11. The lowest BCUT2D eigenvalue weighted by atomic mass is 9.86. The smallest absolute Gasteiger partial charge is 0.337 e. The SMILES string of the molecule is Cc1c([C@H](OC(C)(C)C)C(=O)O)c(-c2ccc(Cl)cc2)c2cc(C)n3c2c1N(C)C1CNCC13. The van der Waals surface area contributed by atoms with Gasteiger partial charge in [-0.15, -0.1) is 0 Å². The molecule has 0 saturated carbocycles. The second-order valence-electron chi connectivity index (χ2n) is 10.5. The highest BCUT2D eigenvalue weighted by molar-refractivity contribution is 6.30. The molecule has 0 aliphatic carbocycles. The molecule has 1 saturated heterocycles. The van der Waals surface area contributed by atoms with Crippen molar-refractivity contribution in [3.8, 4) is 11.1 Å². The first-order valence-electron chi connectivity index (χ1n) is 11.8. The van der Waals surface area contributed by atoms with E-state index < -0.39 is 17.7 Å². The summed E-state index contributed by atoms with van der Waals surface area (Å²) in [5.41, 5.74) is 6.29. The van der Waals surface area contributed by atoms with E-state index in [9.17, 15) is 9.90 Å². The number of benzene rings is 2. The number of rotatable bonds is 4. The monoisotopic (exact) mass is 481 g/mol. The molecule has 3 heterocycles. The van der Waals surface area contributed by atoms with Crippen LogP contribution < -0.4 is 10.2 Å². The summed E-state index contributed by atoms with van der Waals surface area (Å²) in [6.07, 6.45) is -1.11. The van der Waals surface area contributed by atoms with Gasteiger partial charge in [-0.1, -0.05) is 23.7 Å². The Morgan fingerprint density at radius 3 is 2.44 bits per heavy atom. The predicted octanol–water partition coefficient (Wildman–Crippen LogP) is 5.48. The molecule has 2 N–H and O–H groups in total. The molecule has 2 aliphatic heterocycles. The van der Waals surface area contributed by atoms with E-state index in [4.69, 9.17) is 16.3 Å². The fraction of sp³-hybridized carbons (Fsp3) is 0.444. The van der Waals surface area contributed by atoms with Crippen molar-refractivity contribution in [1.29, 1.82) is 0 Å². The second-order valence-corrected chi connectivity index (χ2v) is 11.0. The zero-order valence-electron chi connectivity index (χ0n) is 20.6. The highest BCUT2D eigenvalue weighted by Crippen LogP contribution is 2.50. The number of ether oxygens (including phenoxy) is 1. The molecule has 180 valence electrons. The molecule has 0 amide bonds. The number of carboxylic acid groups (broad SMARTS) is 1. The molecule has 0 spiro atoms. The van der Waals surface area contributed by atoms with Crippen LogP contribution in [-0.4, -0.2) is 47.4 Å². The van der Waals surface area contributed by atoms with Gasteiger partial charge in [-0.3, -0.25) is 0 Å². The van der Waals surface area contributed by atoms with Crippen LogP contribution in [0.1, 0.15) is 49.7 Å². The Morgan fingerprint density at radius 1 is 1.18 bits per heavy atom. The van der Waals surface area contributed by atoms with E-state index in [1.165, 1.54) is 5.69 Å². The molecule has 1 aromatic heterocycles. The number of aryl methyl sites for hydroxylation is 1. The highest BCUT2D eigenvalue weighted by atomic mass is 35.5. The summed E-state index contributed by atoms with van der Waals surface area (Å²) in [7, 11) is 2.13. The van der Waals surface area contributed by atoms with Gasteiger partial charge in [0.25, 0.3) is 0 Å². The van der Waals surface area contributed by atoms with Crippen LogP contribution in [0.2, 0.25) is 5.02 Å². The summed E-state index contributed by atoms with van der Waals surface area (Å²) >= 11 is 6.22. The second kappa shape index (κ2) is 8.01. The Balaban J connectivity index is 1.92. The standard InChI is InChI=1S/C27H32ClN3O3/c1-14-11-18-22(16-7-9-17(28)10-8-16)21(25(26(32)33)34-27(3,4)5)15(2)23-24(18)31(14)20-13-29-12-19(20)30(23)6/h7-11,19-20,25,29H,12-13H2,1-6H3,(H,32,33)/t19?,20?,25-/m0/s1. The lowest BCUT2D eigenvalue weighted by Gasteiger charge is -2.40. The lowest BCUT2D eigenvalue weighted by Crippen LogP contribution is -2.43. The number of nitrogens with one attached hydrogen (secondary N) is 1. The summed E-state index contributed by atoms with van der Waals surface area (Å²) in [4.78, 5) is 15.0. The Hall–Kier alpha value is -2.54. The number of anilines is 1. The van der Waals surface area contributed by atoms with Crippen molar-refractivity contribution in [1.82, 2.24) is 9.88 Å². The first kappa shape index (κ1) is 23.2. The number of nitrogens with zero attached hydrogens (tertiary/aromatic N) is 2. The van der Waals surface area contributed by atoms with Gasteiger partial charge in [0.1, 0.15) is 0 Å².